The number of ether oxygens (including phenoxy) is 4. The summed E-state index contributed by atoms with van der Waals surface area (Å²) in [5, 5.41) is 30.9. The largest absolute Gasteiger partial charge is 0.504 e. The van der Waals surface area contributed by atoms with Crippen molar-refractivity contribution >= 4 is 5.97 Å². The van der Waals surface area contributed by atoms with Crippen molar-refractivity contribution in [3.05, 3.63) is 46.5 Å². The van der Waals surface area contributed by atoms with Crippen molar-refractivity contribution in [1.82, 2.24) is 0 Å². The van der Waals surface area contributed by atoms with Crippen molar-refractivity contribution in [2.24, 2.45) is 5.92 Å². The molecule has 0 aliphatic carbocycles. The number of hydrogen-bond donors (Lipinski definition) is 3. The minimum absolute atomic E-state index is 0.000619. The van der Waals surface area contributed by atoms with Crippen molar-refractivity contribution < 1.29 is 39.1 Å². The number of carbonyl (C=O) groups is 1. The van der Waals surface area contributed by atoms with Crippen LogP contribution in [0.4, 0.5) is 0 Å². The van der Waals surface area contributed by atoms with Crippen LogP contribution in [0, 0.1) is 12.8 Å². The predicted octanol–water partition coefficient (Wildman–Crippen LogP) is 4.57. The number of carboxylic acid groups (broad SMARTS) is 1. The van der Waals surface area contributed by atoms with Gasteiger partial charge in [0.2, 0.25) is 0 Å². The van der Waals surface area contributed by atoms with Gasteiger partial charge in [-0.3, -0.25) is 0 Å². The van der Waals surface area contributed by atoms with E-state index in [4.69, 9.17) is 18.9 Å². The molecule has 0 unspecified atom stereocenters. The first kappa shape index (κ1) is 24.5. The molecule has 0 aromatic heterocycles. The van der Waals surface area contributed by atoms with Gasteiger partial charge in [0.1, 0.15) is 17.1 Å². The summed E-state index contributed by atoms with van der Waals surface area (Å²) in [7, 11) is 4.21. The molecule has 0 amide bonds. The van der Waals surface area contributed by atoms with E-state index in [-0.39, 0.29) is 34.5 Å². The Morgan fingerprint density at radius 3 is 2.19 bits per heavy atom. The average molecular weight is 434 g/mol. The number of hydrogen-bond acceptors (Lipinski definition) is 7. The Kier molecular flexibility index (Phi) is 8.27. The smallest absolute Gasteiger partial charge is 0.343 e. The highest BCUT2D eigenvalue weighted by Gasteiger charge is 2.27. The first-order chi connectivity index (χ1) is 14.6. The van der Waals surface area contributed by atoms with Crippen LogP contribution in [0.1, 0.15) is 59.7 Å². The van der Waals surface area contributed by atoms with Gasteiger partial charge in [0, 0.05) is 19.8 Å². The fourth-order valence-electron chi connectivity index (χ4n) is 3.45. The molecule has 8 heteroatoms. The average Bonchev–Trinajstić information content (AvgIpc) is 2.69. The van der Waals surface area contributed by atoms with Crippen molar-refractivity contribution in [2.45, 2.75) is 39.6 Å². The molecule has 0 bridgehead atoms. The van der Waals surface area contributed by atoms with E-state index in [1.54, 1.807) is 19.1 Å². The van der Waals surface area contributed by atoms with Gasteiger partial charge in [-0.15, -0.1) is 0 Å². The maximum absolute atomic E-state index is 12.1. The molecule has 2 aromatic carbocycles. The van der Waals surface area contributed by atoms with E-state index in [0.29, 0.717) is 17.5 Å². The summed E-state index contributed by atoms with van der Waals surface area (Å²) in [5.74, 6) is -1.37. The van der Waals surface area contributed by atoms with E-state index in [1.807, 2.05) is 13.8 Å². The molecule has 2 rings (SSSR count). The number of aryl methyl sites for hydroxylation is 1. The molecule has 0 aliphatic heterocycles. The molecule has 0 aliphatic rings. The lowest BCUT2D eigenvalue weighted by atomic mass is 9.96. The fraction of sp³-hybridized carbons (Fsp3) is 0.435. The van der Waals surface area contributed by atoms with Crippen molar-refractivity contribution in [3.63, 3.8) is 0 Å². The molecule has 1 atom stereocenters. The maximum Gasteiger partial charge on any atom is 0.343 e. The van der Waals surface area contributed by atoms with Gasteiger partial charge in [0.05, 0.1) is 18.8 Å². The number of rotatable bonds is 10. The number of aromatic carboxylic acids is 1. The van der Waals surface area contributed by atoms with Gasteiger partial charge in [0.25, 0.3) is 0 Å². The number of phenols is 1. The van der Waals surface area contributed by atoms with Crippen LogP contribution in [-0.4, -0.2) is 42.6 Å². The van der Waals surface area contributed by atoms with Crippen LogP contribution in [0.2, 0.25) is 0 Å². The van der Waals surface area contributed by atoms with Crippen molar-refractivity contribution in [3.8, 4) is 23.0 Å². The second kappa shape index (κ2) is 10.5. The third kappa shape index (κ3) is 5.46. The van der Waals surface area contributed by atoms with Crippen molar-refractivity contribution in [1.29, 1.82) is 0 Å². The Bertz CT molecular complexity index is 918. The second-order valence-electron chi connectivity index (χ2n) is 7.62. The predicted molar refractivity (Wildman–Crippen MR) is 114 cm³/mol. The van der Waals surface area contributed by atoms with Crippen LogP contribution in [0.15, 0.2) is 24.3 Å². The van der Waals surface area contributed by atoms with Gasteiger partial charge in [0.15, 0.2) is 17.8 Å². The summed E-state index contributed by atoms with van der Waals surface area (Å²) in [6.45, 7) is 5.69. The minimum atomic E-state index is -1.30. The number of methoxy groups -OCH3 is 3. The van der Waals surface area contributed by atoms with E-state index in [2.05, 4.69) is 0 Å². The zero-order chi connectivity index (χ0) is 23.3. The van der Waals surface area contributed by atoms with E-state index >= 15 is 0 Å². The number of benzene rings is 2. The Labute approximate surface area is 182 Å². The highest BCUT2D eigenvalue weighted by atomic mass is 16.7. The number of aliphatic hydroxyl groups excluding tert-OH is 1. The Morgan fingerprint density at radius 1 is 1.03 bits per heavy atom. The highest BCUT2D eigenvalue weighted by molar-refractivity contribution is 5.95. The van der Waals surface area contributed by atoms with Crippen LogP contribution < -0.4 is 9.47 Å². The molecular formula is C23H30O8. The Balaban J connectivity index is 2.64. The lowest BCUT2D eigenvalue weighted by molar-refractivity contribution is -0.106. The summed E-state index contributed by atoms with van der Waals surface area (Å²) in [5.41, 5.74) is 1.21. The van der Waals surface area contributed by atoms with Crippen LogP contribution in [-0.2, 0) is 9.47 Å². The molecule has 0 spiro atoms. The first-order valence-corrected chi connectivity index (χ1v) is 9.83. The summed E-state index contributed by atoms with van der Waals surface area (Å²) < 4.78 is 21.8. The maximum atomic E-state index is 12.1. The summed E-state index contributed by atoms with van der Waals surface area (Å²) in [4.78, 5) is 12.1. The highest BCUT2D eigenvalue weighted by Crippen LogP contribution is 2.44. The lowest BCUT2D eigenvalue weighted by Crippen LogP contribution is -2.11. The zero-order valence-electron chi connectivity index (χ0n) is 18.6. The van der Waals surface area contributed by atoms with Gasteiger partial charge in [-0.25, -0.2) is 4.79 Å². The van der Waals surface area contributed by atoms with Crippen LogP contribution in [0.3, 0.4) is 0 Å². The summed E-state index contributed by atoms with van der Waals surface area (Å²) >= 11 is 0. The molecule has 0 saturated carbocycles. The van der Waals surface area contributed by atoms with Gasteiger partial charge in [-0.2, -0.15) is 0 Å². The lowest BCUT2D eigenvalue weighted by Gasteiger charge is -2.22. The van der Waals surface area contributed by atoms with Crippen LogP contribution in [0.5, 0.6) is 23.0 Å². The fourth-order valence-corrected chi connectivity index (χ4v) is 3.45. The van der Waals surface area contributed by atoms with Gasteiger partial charge in [-0.05, 0) is 49.1 Å². The molecule has 170 valence electrons. The van der Waals surface area contributed by atoms with Gasteiger partial charge < -0.3 is 34.3 Å². The number of phenolic OH excluding ortho intramolecular Hbond substituents is 1. The third-order valence-corrected chi connectivity index (χ3v) is 4.76. The molecule has 0 saturated heterocycles. The van der Waals surface area contributed by atoms with Crippen LogP contribution in [0.25, 0.3) is 0 Å². The van der Waals surface area contributed by atoms with Gasteiger partial charge in [-0.1, -0.05) is 13.8 Å². The SMILES string of the molecule is COc1c([C@@H](O)CC(C)C)ccc(Oc2c(O)cc(C)cc2C(OC)OC)c1C(=O)O. The van der Waals surface area contributed by atoms with E-state index in [1.165, 1.54) is 33.5 Å². The van der Waals surface area contributed by atoms with Crippen LogP contribution >= 0.6 is 0 Å². The Hall–Kier alpha value is -2.81. The molecule has 0 heterocycles. The summed E-state index contributed by atoms with van der Waals surface area (Å²) in [6.07, 6.45) is -1.32. The molecular weight excluding hydrogens is 404 g/mol. The molecule has 0 radical (unpaired) electrons. The quantitative estimate of drug-likeness (QED) is 0.466. The molecule has 2 aromatic rings. The molecule has 8 nitrogen and oxygen atoms in total. The third-order valence-electron chi connectivity index (χ3n) is 4.76. The van der Waals surface area contributed by atoms with Crippen molar-refractivity contribution in [2.75, 3.05) is 21.3 Å². The summed E-state index contributed by atoms with van der Waals surface area (Å²) in [6, 6.07) is 6.19. The van der Waals surface area contributed by atoms with E-state index in [9.17, 15) is 20.1 Å². The molecule has 31 heavy (non-hydrogen) atoms. The first-order valence-electron chi connectivity index (χ1n) is 9.83. The number of aromatic hydroxyl groups is 1. The standard InChI is InChI=1S/C23H30O8/c1-12(2)9-16(24)14-7-8-18(19(22(26)27)21(14)28-4)31-20-15(23(29-5)30-6)10-13(3)11-17(20)25/h7-8,10-12,16,23-25H,9H2,1-6H3,(H,26,27)/t16-/m0/s1. The second-order valence-corrected chi connectivity index (χ2v) is 7.62. The monoisotopic (exact) mass is 434 g/mol. The minimum Gasteiger partial charge on any atom is -0.504 e. The van der Waals surface area contributed by atoms with E-state index < -0.39 is 18.4 Å². The zero-order valence-corrected chi connectivity index (χ0v) is 18.6. The topological polar surface area (TPSA) is 115 Å². The molecule has 3 N–H and O–H groups in total. The normalized spacial score (nSPS) is 12.3. The Morgan fingerprint density at radius 2 is 1.68 bits per heavy atom. The number of aliphatic hydroxyl groups is 1. The van der Waals surface area contributed by atoms with E-state index in [0.717, 1.165) is 5.56 Å². The molecule has 0 fully saturated rings. The number of carboxylic acids is 1. The van der Waals surface area contributed by atoms with Gasteiger partial charge >= 0.3 is 5.97 Å².